The van der Waals surface area contributed by atoms with Crippen molar-refractivity contribution in [3.63, 3.8) is 0 Å². The van der Waals surface area contributed by atoms with E-state index in [2.05, 4.69) is 17.9 Å². The summed E-state index contributed by atoms with van der Waals surface area (Å²) in [5, 5.41) is 21.7. The monoisotopic (exact) mass is 275 g/mol. The van der Waals surface area contributed by atoms with Crippen molar-refractivity contribution < 1.29 is 15.0 Å². The van der Waals surface area contributed by atoms with E-state index in [4.69, 9.17) is 11.6 Å². The van der Waals surface area contributed by atoms with Gasteiger partial charge in [0.15, 0.2) is 0 Å². The van der Waals surface area contributed by atoms with Crippen LogP contribution in [0.15, 0.2) is 24.3 Å². The Balaban J connectivity index is 2.70. The summed E-state index contributed by atoms with van der Waals surface area (Å²) in [7, 11) is 0. The Hall–Kier alpha value is -0.750. The van der Waals surface area contributed by atoms with Crippen LogP contribution in [-0.4, -0.2) is 33.9 Å². The third-order valence-electron chi connectivity index (χ3n) is 2.21. The van der Waals surface area contributed by atoms with E-state index < -0.39 is 12.2 Å². The van der Waals surface area contributed by atoms with Gasteiger partial charge in [-0.05, 0) is 17.7 Å². The predicted octanol–water partition coefficient (Wildman–Crippen LogP) is 1.19. The molecule has 1 aromatic rings. The lowest BCUT2D eigenvalue weighted by molar-refractivity contribution is -0.113. The Labute approximate surface area is 110 Å². The van der Waals surface area contributed by atoms with Crippen LogP contribution < -0.4 is 5.32 Å². The number of amides is 1. The van der Waals surface area contributed by atoms with Crippen molar-refractivity contribution in [1.29, 1.82) is 0 Å². The fraction of sp³-hybridized carbons (Fsp3) is 0.364. The fourth-order valence-corrected chi connectivity index (χ4v) is 1.55. The van der Waals surface area contributed by atoms with Gasteiger partial charge >= 0.3 is 0 Å². The topological polar surface area (TPSA) is 69.6 Å². The zero-order valence-corrected chi connectivity index (χ0v) is 10.7. The van der Waals surface area contributed by atoms with Crippen LogP contribution in [0.2, 0.25) is 0 Å². The summed E-state index contributed by atoms with van der Waals surface area (Å²) >= 11 is 9.25. The lowest BCUT2D eigenvalue weighted by Gasteiger charge is -2.16. The fourth-order valence-electron chi connectivity index (χ4n) is 1.28. The van der Waals surface area contributed by atoms with E-state index in [9.17, 15) is 15.0 Å². The van der Waals surface area contributed by atoms with E-state index in [0.717, 1.165) is 0 Å². The third-order valence-corrected chi connectivity index (χ3v) is 2.83. The number of halogens is 1. The van der Waals surface area contributed by atoms with E-state index >= 15 is 0 Å². The number of rotatable bonds is 5. The first-order valence-corrected chi connectivity index (χ1v) is 6.18. The second-order valence-electron chi connectivity index (χ2n) is 3.50. The number of carbonyl (C=O) groups excluding carboxylic acids is 1. The zero-order chi connectivity index (χ0) is 12.8. The van der Waals surface area contributed by atoms with E-state index in [1.807, 2.05) is 0 Å². The molecule has 17 heavy (non-hydrogen) atoms. The molecule has 1 rings (SSSR count). The van der Waals surface area contributed by atoms with Gasteiger partial charge in [0.1, 0.15) is 12.0 Å². The van der Waals surface area contributed by atoms with Gasteiger partial charge in [-0.15, -0.1) is 11.6 Å². The Morgan fingerprint density at radius 1 is 1.35 bits per heavy atom. The highest BCUT2D eigenvalue weighted by Gasteiger charge is 2.16. The van der Waals surface area contributed by atoms with Crippen molar-refractivity contribution in [2.45, 2.75) is 12.2 Å². The summed E-state index contributed by atoms with van der Waals surface area (Å²) in [5.74, 6) is -0.232. The van der Waals surface area contributed by atoms with Gasteiger partial charge in [-0.3, -0.25) is 4.79 Å². The molecule has 0 aliphatic rings. The molecule has 2 atom stereocenters. The number of alkyl halides is 1. The van der Waals surface area contributed by atoms with Gasteiger partial charge in [-0.2, -0.15) is 12.6 Å². The molecule has 3 N–H and O–H groups in total. The van der Waals surface area contributed by atoms with Crippen molar-refractivity contribution in [2.75, 3.05) is 16.9 Å². The first-order chi connectivity index (χ1) is 8.08. The SMILES string of the molecule is O=C(CCl)Nc1ccc(C(O)C(O)CS)cc1. The smallest absolute Gasteiger partial charge is 0.239 e. The summed E-state index contributed by atoms with van der Waals surface area (Å²) < 4.78 is 0. The molecule has 1 aromatic carbocycles. The number of nitrogens with one attached hydrogen (secondary N) is 1. The molecular weight excluding hydrogens is 262 g/mol. The maximum Gasteiger partial charge on any atom is 0.239 e. The average molecular weight is 276 g/mol. The standard InChI is InChI=1S/C11H14ClNO3S/c12-5-10(15)13-8-3-1-7(2-4-8)11(16)9(14)6-17/h1-4,9,11,14,16-17H,5-6H2,(H,13,15). The molecule has 0 saturated carbocycles. The van der Waals surface area contributed by atoms with E-state index in [0.29, 0.717) is 11.3 Å². The van der Waals surface area contributed by atoms with E-state index in [1.165, 1.54) is 0 Å². The molecule has 0 aromatic heterocycles. The Kier molecular flexibility index (Phi) is 5.77. The van der Waals surface area contributed by atoms with Crippen molar-refractivity contribution in [3.05, 3.63) is 29.8 Å². The highest BCUT2D eigenvalue weighted by molar-refractivity contribution is 7.80. The summed E-state index contributed by atoms with van der Waals surface area (Å²) in [4.78, 5) is 11.0. The molecule has 0 fully saturated rings. The molecule has 94 valence electrons. The second kappa shape index (κ2) is 6.86. The van der Waals surface area contributed by atoms with Gasteiger partial charge < -0.3 is 15.5 Å². The highest BCUT2D eigenvalue weighted by atomic mass is 35.5. The van der Waals surface area contributed by atoms with Gasteiger partial charge in [-0.1, -0.05) is 12.1 Å². The van der Waals surface area contributed by atoms with Crippen molar-refractivity contribution in [2.24, 2.45) is 0 Å². The van der Waals surface area contributed by atoms with Crippen LogP contribution in [0.4, 0.5) is 5.69 Å². The van der Waals surface area contributed by atoms with Crippen molar-refractivity contribution >= 4 is 35.8 Å². The number of aliphatic hydroxyl groups is 2. The number of benzene rings is 1. The number of carbonyl (C=O) groups is 1. The number of anilines is 1. The van der Waals surface area contributed by atoms with Crippen LogP contribution in [0.1, 0.15) is 11.7 Å². The average Bonchev–Trinajstić information content (AvgIpc) is 2.37. The van der Waals surface area contributed by atoms with E-state index in [1.54, 1.807) is 24.3 Å². The molecule has 6 heteroatoms. The molecule has 0 aliphatic heterocycles. The van der Waals surface area contributed by atoms with Gasteiger partial charge in [0.05, 0.1) is 6.10 Å². The molecule has 0 heterocycles. The lowest BCUT2D eigenvalue weighted by atomic mass is 10.1. The second-order valence-corrected chi connectivity index (χ2v) is 4.13. The van der Waals surface area contributed by atoms with Gasteiger partial charge in [0.2, 0.25) is 5.91 Å². The molecule has 2 unspecified atom stereocenters. The van der Waals surface area contributed by atoms with Gasteiger partial charge in [0.25, 0.3) is 0 Å². The van der Waals surface area contributed by atoms with Crippen LogP contribution in [0, 0.1) is 0 Å². The van der Waals surface area contributed by atoms with E-state index in [-0.39, 0.29) is 17.5 Å². The molecule has 4 nitrogen and oxygen atoms in total. The maximum atomic E-state index is 11.0. The third kappa shape index (κ3) is 4.20. The molecule has 0 aliphatic carbocycles. The Morgan fingerprint density at radius 2 is 1.94 bits per heavy atom. The molecule has 0 saturated heterocycles. The van der Waals surface area contributed by atoms with Gasteiger partial charge in [-0.25, -0.2) is 0 Å². The van der Waals surface area contributed by atoms with Crippen molar-refractivity contribution in [1.82, 2.24) is 0 Å². The Bertz CT molecular complexity index is 371. The molecule has 0 radical (unpaired) electrons. The molecule has 0 bridgehead atoms. The normalized spacial score (nSPS) is 14.1. The van der Waals surface area contributed by atoms with Crippen molar-refractivity contribution in [3.8, 4) is 0 Å². The molecule has 1 amide bonds. The Morgan fingerprint density at radius 3 is 2.41 bits per heavy atom. The van der Waals surface area contributed by atoms with Crippen LogP contribution in [-0.2, 0) is 4.79 Å². The van der Waals surface area contributed by atoms with Crippen LogP contribution >= 0.6 is 24.2 Å². The maximum absolute atomic E-state index is 11.0. The summed E-state index contributed by atoms with van der Waals surface area (Å²) in [6.45, 7) is 0. The highest BCUT2D eigenvalue weighted by Crippen LogP contribution is 2.19. The molecule has 0 spiro atoms. The minimum atomic E-state index is -0.981. The van der Waals surface area contributed by atoms with Crippen LogP contribution in [0.3, 0.4) is 0 Å². The minimum Gasteiger partial charge on any atom is -0.389 e. The first-order valence-electron chi connectivity index (χ1n) is 5.01. The minimum absolute atomic E-state index is 0.108. The summed E-state index contributed by atoms with van der Waals surface area (Å²) in [6, 6.07) is 6.52. The summed E-state index contributed by atoms with van der Waals surface area (Å²) in [5.41, 5.74) is 1.15. The first kappa shape index (κ1) is 14.3. The van der Waals surface area contributed by atoms with Gasteiger partial charge in [0, 0.05) is 11.4 Å². The largest absolute Gasteiger partial charge is 0.389 e. The number of hydrogen-bond acceptors (Lipinski definition) is 4. The summed E-state index contributed by atoms with van der Waals surface area (Å²) in [6.07, 6.45) is -1.90. The van der Waals surface area contributed by atoms with Crippen LogP contribution in [0.5, 0.6) is 0 Å². The number of thiol groups is 1. The lowest BCUT2D eigenvalue weighted by Crippen LogP contribution is -2.19. The van der Waals surface area contributed by atoms with Crippen LogP contribution in [0.25, 0.3) is 0 Å². The quantitative estimate of drug-likeness (QED) is 0.482. The molecular formula is C11H14ClNO3S. The number of aliphatic hydroxyl groups excluding tert-OH is 2. The predicted molar refractivity (Wildman–Crippen MR) is 70.6 cm³/mol. The zero-order valence-electron chi connectivity index (χ0n) is 9.01. The number of hydrogen-bond donors (Lipinski definition) is 4.